The first kappa shape index (κ1) is 21.7. The highest BCUT2D eigenvalue weighted by Gasteiger charge is 2.20. The highest BCUT2D eigenvalue weighted by Crippen LogP contribution is 2.23. The van der Waals surface area contributed by atoms with Crippen molar-refractivity contribution in [2.45, 2.75) is 19.4 Å². The number of nitrogens with one attached hydrogen (secondary N) is 1. The van der Waals surface area contributed by atoms with Gasteiger partial charge in [0.25, 0.3) is 11.8 Å². The number of hydrogen-bond donors (Lipinski definition) is 2. The third-order valence-electron chi connectivity index (χ3n) is 4.96. The lowest BCUT2D eigenvalue weighted by molar-refractivity contribution is -0.675. The van der Waals surface area contributed by atoms with E-state index in [4.69, 9.17) is 0 Å². The fourth-order valence-corrected chi connectivity index (χ4v) is 4.09. The molecule has 0 radical (unpaired) electrons. The standard InChI is InChI=1S/C24H27N3O2S/c1-4-17-7-9-18(10-8-17)23(21-6-5-15-30-21)25-16-22(28)26-20-13-11-19(12-14-20)24(29)27(2)3/h5-15,23,25H,4,16H2,1-3H3,(H,26,28)/p+1/t23-/m1/s1. The van der Waals surface area contributed by atoms with Crippen molar-refractivity contribution in [1.29, 1.82) is 0 Å². The second-order valence-electron chi connectivity index (χ2n) is 7.35. The largest absolute Gasteiger partial charge is 0.345 e. The van der Waals surface area contributed by atoms with Gasteiger partial charge >= 0.3 is 0 Å². The van der Waals surface area contributed by atoms with Crippen LogP contribution in [0.15, 0.2) is 66.0 Å². The Morgan fingerprint density at radius 1 is 1.03 bits per heavy atom. The highest BCUT2D eigenvalue weighted by atomic mass is 32.1. The van der Waals surface area contributed by atoms with Crippen molar-refractivity contribution in [3.8, 4) is 0 Å². The van der Waals surface area contributed by atoms with Gasteiger partial charge in [-0.3, -0.25) is 9.59 Å². The maximum absolute atomic E-state index is 12.5. The van der Waals surface area contributed by atoms with E-state index in [2.05, 4.69) is 53.3 Å². The van der Waals surface area contributed by atoms with Crippen LogP contribution in [0.4, 0.5) is 5.69 Å². The topological polar surface area (TPSA) is 66.0 Å². The summed E-state index contributed by atoms with van der Waals surface area (Å²) in [6, 6.07) is 19.8. The molecule has 1 heterocycles. The zero-order valence-electron chi connectivity index (χ0n) is 17.6. The molecule has 5 nitrogen and oxygen atoms in total. The van der Waals surface area contributed by atoms with Gasteiger partial charge < -0.3 is 15.5 Å². The minimum atomic E-state index is -0.0755. The molecule has 156 valence electrons. The van der Waals surface area contributed by atoms with Crippen LogP contribution in [0, 0.1) is 0 Å². The lowest BCUT2D eigenvalue weighted by atomic mass is 10.0. The molecule has 0 aliphatic rings. The van der Waals surface area contributed by atoms with Gasteiger partial charge in [-0.2, -0.15) is 0 Å². The minimum absolute atomic E-state index is 0.0610. The number of thiophene rings is 1. The summed E-state index contributed by atoms with van der Waals surface area (Å²) in [4.78, 5) is 27.3. The van der Waals surface area contributed by atoms with Gasteiger partial charge in [0.2, 0.25) is 0 Å². The molecule has 30 heavy (non-hydrogen) atoms. The minimum Gasteiger partial charge on any atom is -0.345 e. The second kappa shape index (κ2) is 10.2. The number of amides is 2. The Morgan fingerprint density at radius 2 is 1.73 bits per heavy atom. The molecule has 6 heteroatoms. The molecule has 0 unspecified atom stereocenters. The Labute approximate surface area is 181 Å². The normalized spacial score (nSPS) is 11.7. The van der Waals surface area contributed by atoms with Gasteiger partial charge in [0.05, 0.1) is 4.88 Å². The number of benzene rings is 2. The number of nitrogens with zero attached hydrogens (tertiary/aromatic N) is 1. The van der Waals surface area contributed by atoms with Crippen molar-refractivity contribution in [2.24, 2.45) is 0 Å². The van der Waals surface area contributed by atoms with E-state index in [1.807, 2.05) is 6.07 Å². The van der Waals surface area contributed by atoms with E-state index in [1.165, 1.54) is 20.9 Å². The van der Waals surface area contributed by atoms with Crippen LogP contribution in [0.5, 0.6) is 0 Å². The van der Waals surface area contributed by atoms with Crippen LogP contribution in [-0.4, -0.2) is 37.4 Å². The number of quaternary nitrogens is 1. The molecule has 0 aliphatic carbocycles. The van der Waals surface area contributed by atoms with E-state index in [0.717, 1.165) is 6.42 Å². The Bertz CT molecular complexity index is 965. The lowest BCUT2D eigenvalue weighted by Gasteiger charge is -2.15. The number of aryl methyl sites for hydroxylation is 1. The number of hydrogen-bond acceptors (Lipinski definition) is 3. The Kier molecular flexibility index (Phi) is 7.38. The maximum Gasteiger partial charge on any atom is 0.279 e. The highest BCUT2D eigenvalue weighted by molar-refractivity contribution is 7.10. The third-order valence-corrected chi connectivity index (χ3v) is 5.91. The molecular formula is C24H28N3O2S+. The molecule has 0 spiro atoms. The zero-order valence-corrected chi connectivity index (χ0v) is 18.4. The van der Waals surface area contributed by atoms with Gasteiger partial charge in [-0.05, 0) is 47.7 Å². The summed E-state index contributed by atoms with van der Waals surface area (Å²) < 4.78 is 0. The van der Waals surface area contributed by atoms with E-state index in [1.54, 1.807) is 49.7 Å². The van der Waals surface area contributed by atoms with Crippen molar-refractivity contribution in [1.82, 2.24) is 4.90 Å². The molecule has 2 aromatic carbocycles. The fraction of sp³-hybridized carbons (Fsp3) is 0.250. The molecule has 3 N–H and O–H groups in total. The monoisotopic (exact) mass is 422 g/mol. The Morgan fingerprint density at radius 3 is 2.30 bits per heavy atom. The molecule has 0 bridgehead atoms. The quantitative estimate of drug-likeness (QED) is 0.585. The van der Waals surface area contributed by atoms with Gasteiger partial charge in [-0.15, -0.1) is 11.3 Å². The van der Waals surface area contributed by atoms with E-state index >= 15 is 0 Å². The first-order valence-electron chi connectivity index (χ1n) is 10.0. The van der Waals surface area contributed by atoms with Crippen LogP contribution in [0.25, 0.3) is 0 Å². The predicted octanol–water partition coefficient (Wildman–Crippen LogP) is 3.30. The van der Waals surface area contributed by atoms with Crippen molar-refractivity contribution in [3.05, 3.63) is 87.6 Å². The molecule has 3 rings (SSSR count). The Balaban J connectivity index is 1.63. The second-order valence-corrected chi connectivity index (χ2v) is 8.33. The third kappa shape index (κ3) is 5.55. The van der Waals surface area contributed by atoms with Crippen LogP contribution >= 0.6 is 11.3 Å². The first-order valence-corrected chi connectivity index (χ1v) is 10.9. The molecule has 0 saturated heterocycles. The van der Waals surface area contributed by atoms with E-state index in [9.17, 15) is 9.59 Å². The molecular weight excluding hydrogens is 394 g/mol. The van der Waals surface area contributed by atoms with E-state index in [0.29, 0.717) is 17.8 Å². The predicted molar refractivity (Wildman–Crippen MR) is 122 cm³/mol. The average molecular weight is 423 g/mol. The molecule has 0 aliphatic heterocycles. The van der Waals surface area contributed by atoms with Gasteiger partial charge in [-0.25, -0.2) is 0 Å². The molecule has 1 atom stereocenters. The van der Waals surface area contributed by atoms with Crippen molar-refractivity contribution in [2.75, 3.05) is 26.0 Å². The fourth-order valence-electron chi connectivity index (χ4n) is 3.24. The van der Waals surface area contributed by atoms with E-state index < -0.39 is 0 Å². The van der Waals surface area contributed by atoms with Crippen molar-refractivity contribution >= 4 is 28.8 Å². The van der Waals surface area contributed by atoms with Crippen molar-refractivity contribution in [3.63, 3.8) is 0 Å². The zero-order chi connectivity index (χ0) is 21.5. The first-order chi connectivity index (χ1) is 14.5. The van der Waals surface area contributed by atoms with Gasteiger partial charge in [0.15, 0.2) is 6.54 Å². The number of carbonyl (C=O) groups is 2. The SMILES string of the molecule is CCc1ccc([C@@H]([NH2+]CC(=O)Nc2ccc(C(=O)N(C)C)cc2)c2cccs2)cc1. The smallest absolute Gasteiger partial charge is 0.279 e. The summed E-state index contributed by atoms with van der Waals surface area (Å²) in [7, 11) is 3.43. The summed E-state index contributed by atoms with van der Waals surface area (Å²) in [6.07, 6.45) is 1.01. The van der Waals surface area contributed by atoms with Crippen LogP contribution < -0.4 is 10.6 Å². The van der Waals surface area contributed by atoms with Crippen LogP contribution in [-0.2, 0) is 11.2 Å². The molecule has 3 aromatic rings. The maximum atomic E-state index is 12.5. The van der Waals surface area contributed by atoms with Gasteiger partial charge in [0.1, 0.15) is 6.04 Å². The number of rotatable bonds is 8. The van der Waals surface area contributed by atoms with Crippen molar-refractivity contribution < 1.29 is 14.9 Å². The number of nitrogens with two attached hydrogens (primary N) is 1. The van der Waals surface area contributed by atoms with Crippen LogP contribution in [0.1, 0.15) is 39.3 Å². The summed E-state index contributed by atoms with van der Waals surface area (Å²) in [5.74, 6) is -0.137. The number of anilines is 1. The van der Waals surface area contributed by atoms with Gasteiger partial charge in [0, 0.05) is 30.9 Å². The summed E-state index contributed by atoms with van der Waals surface area (Å²) in [6.45, 7) is 2.45. The van der Waals surface area contributed by atoms with Crippen LogP contribution in [0.3, 0.4) is 0 Å². The summed E-state index contributed by atoms with van der Waals surface area (Å²) in [5, 5.41) is 7.04. The molecule has 1 aromatic heterocycles. The summed E-state index contributed by atoms with van der Waals surface area (Å²) >= 11 is 1.70. The number of carbonyl (C=O) groups excluding carboxylic acids is 2. The Hall–Kier alpha value is -2.96. The molecule has 0 saturated carbocycles. The molecule has 2 amide bonds. The van der Waals surface area contributed by atoms with Gasteiger partial charge in [-0.1, -0.05) is 37.3 Å². The van der Waals surface area contributed by atoms with Crippen LogP contribution in [0.2, 0.25) is 0 Å². The average Bonchev–Trinajstić information content (AvgIpc) is 3.29. The lowest BCUT2D eigenvalue weighted by Crippen LogP contribution is -2.87. The van der Waals surface area contributed by atoms with E-state index in [-0.39, 0.29) is 17.9 Å². The summed E-state index contributed by atoms with van der Waals surface area (Å²) in [5.41, 5.74) is 3.77. The molecule has 0 fully saturated rings.